The van der Waals surface area contributed by atoms with E-state index >= 15 is 0 Å². The van der Waals surface area contributed by atoms with Gasteiger partial charge in [-0.1, -0.05) is 28.1 Å². The van der Waals surface area contributed by atoms with Crippen LogP contribution in [-0.4, -0.2) is 51.1 Å². The second-order valence-corrected chi connectivity index (χ2v) is 9.17. The minimum atomic E-state index is -0.304. The highest BCUT2D eigenvalue weighted by atomic mass is 79.9. The van der Waals surface area contributed by atoms with E-state index in [0.717, 1.165) is 41.5 Å². The Labute approximate surface area is 188 Å². The third kappa shape index (κ3) is 5.66. The zero-order valence-electron chi connectivity index (χ0n) is 17.3. The molecule has 1 amide bonds. The molecule has 1 aliphatic carbocycles. The molecule has 2 aromatic rings. The van der Waals surface area contributed by atoms with E-state index in [4.69, 9.17) is 0 Å². The number of halogens is 1. The van der Waals surface area contributed by atoms with Crippen LogP contribution in [0.4, 0.5) is 11.8 Å². The molecule has 160 valence electrons. The number of anilines is 2. The highest BCUT2D eigenvalue weighted by Gasteiger charge is 2.25. The number of carbonyl (C=O) groups excluding carboxylic acids is 1. The van der Waals surface area contributed by atoms with Crippen LogP contribution in [0.1, 0.15) is 36.8 Å². The molecule has 0 aliphatic heterocycles. The topological polar surface area (TPSA) is 87.2 Å². The highest BCUT2D eigenvalue weighted by molar-refractivity contribution is 9.10. The van der Waals surface area contributed by atoms with E-state index in [1.54, 1.807) is 12.1 Å². The Kier molecular flexibility index (Phi) is 7.60. The maximum absolute atomic E-state index is 12.6. The highest BCUT2D eigenvalue weighted by Crippen LogP contribution is 2.23. The summed E-state index contributed by atoms with van der Waals surface area (Å²) in [7, 11) is 3.93. The Morgan fingerprint density at radius 1 is 1.20 bits per heavy atom. The number of amides is 1. The number of aryl methyl sites for hydroxylation is 1. The molecule has 0 spiro atoms. The van der Waals surface area contributed by atoms with Crippen molar-refractivity contribution >= 4 is 49.7 Å². The molecule has 2 N–H and O–H groups in total. The SMILES string of the molecule is Cc1cnc(NC2CCC(NC(=O)C(=S=O)c3cccc(Br)c3)CC2)nc1N(C)C. The molecule has 1 heterocycles. The average Bonchev–Trinajstić information content (AvgIpc) is 2.71. The fraction of sp³-hybridized carbons (Fsp3) is 0.429. The van der Waals surface area contributed by atoms with Crippen molar-refractivity contribution in [3.8, 4) is 0 Å². The second-order valence-electron chi connectivity index (χ2n) is 7.68. The van der Waals surface area contributed by atoms with Crippen molar-refractivity contribution in [2.24, 2.45) is 0 Å². The largest absolute Gasteiger partial charge is 0.362 e. The van der Waals surface area contributed by atoms with Gasteiger partial charge in [0.05, 0.1) is 0 Å². The van der Waals surface area contributed by atoms with E-state index in [0.29, 0.717) is 11.5 Å². The van der Waals surface area contributed by atoms with E-state index in [1.807, 2.05) is 44.2 Å². The van der Waals surface area contributed by atoms with Gasteiger partial charge >= 0.3 is 0 Å². The Balaban J connectivity index is 1.55. The number of rotatable bonds is 6. The van der Waals surface area contributed by atoms with Gasteiger partial charge in [0.2, 0.25) is 5.95 Å². The molecule has 1 saturated carbocycles. The van der Waals surface area contributed by atoms with Crippen LogP contribution in [0, 0.1) is 6.92 Å². The Morgan fingerprint density at radius 3 is 2.53 bits per heavy atom. The van der Waals surface area contributed by atoms with Crippen molar-refractivity contribution in [2.45, 2.75) is 44.7 Å². The van der Waals surface area contributed by atoms with Gasteiger partial charge in [0.25, 0.3) is 5.91 Å². The van der Waals surface area contributed by atoms with Crippen LogP contribution in [0.5, 0.6) is 0 Å². The molecule has 9 heteroatoms. The van der Waals surface area contributed by atoms with Gasteiger partial charge in [-0.05, 0) is 44.7 Å². The molecular formula is C21H26BrN5O2S. The number of nitrogens with zero attached hydrogens (tertiary/aromatic N) is 3. The fourth-order valence-corrected chi connectivity index (χ4v) is 4.37. The van der Waals surface area contributed by atoms with Gasteiger partial charge in [0.1, 0.15) is 21.9 Å². The van der Waals surface area contributed by atoms with Crippen molar-refractivity contribution in [3.05, 3.63) is 46.1 Å². The van der Waals surface area contributed by atoms with Crippen molar-refractivity contribution in [1.82, 2.24) is 15.3 Å². The summed E-state index contributed by atoms with van der Waals surface area (Å²) in [6.45, 7) is 1.99. The summed E-state index contributed by atoms with van der Waals surface area (Å²) >= 11 is 3.62. The smallest absolute Gasteiger partial charge is 0.265 e. The lowest BCUT2D eigenvalue weighted by Crippen LogP contribution is -2.43. The number of nitrogens with one attached hydrogen (secondary N) is 2. The summed E-state index contributed by atoms with van der Waals surface area (Å²) in [6, 6.07) is 7.55. The summed E-state index contributed by atoms with van der Waals surface area (Å²) in [6.07, 6.45) is 5.30. The average molecular weight is 492 g/mol. The lowest BCUT2D eigenvalue weighted by molar-refractivity contribution is -0.115. The van der Waals surface area contributed by atoms with Gasteiger partial charge in [-0.25, -0.2) is 9.19 Å². The Hall–Kier alpha value is -2.26. The van der Waals surface area contributed by atoms with Gasteiger partial charge in [-0.2, -0.15) is 4.98 Å². The van der Waals surface area contributed by atoms with Crippen molar-refractivity contribution in [3.63, 3.8) is 0 Å². The van der Waals surface area contributed by atoms with Crippen LogP contribution in [0.15, 0.2) is 34.9 Å². The van der Waals surface area contributed by atoms with E-state index in [2.05, 4.69) is 36.5 Å². The molecule has 1 aliphatic rings. The number of hydrogen-bond donors (Lipinski definition) is 2. The molecule has 1 fully saturated rings. The summed E-state index contributed by atoms with van der Waals surface area (Å²) in [5, 5.41) is 6.44. The normalized spacial score (nSPS) is 18.4. The van der Waals surface area contributed by atoms with Crippen LogP contribution in [0.2, 0.25) is 0 Å². The molecule has 0 radical (unpaired) electrons. The predicted molar refractivity (Wildman–Crippen MR) is 125 cm³/mol. The number of carbonyl (C=O) groups is 1. The minimum Gasteiger partial charge on any atom is -0.362 e. The van der Waals surface area contributed by atoms with E-state index in [9.17, 15) is 9.00 Å². The molecule has 0 bridgehead atoms. The lowest BCUT2D eigenvalue weighted by atomic mass is 9.91. The Morgan fingerprint density at radius 2 is 1.90 bits per heavy atom. The van der Waals surface area contributed by atoms with E-state index in [-0.39, 0.29) is 34.1 Å². The molecule has 7 nitrogen and oxygen atoms in total. The maximum atomic E-state index is 12.6. The minimum absolute atomic E-state index is 0.0566. The van der Waals surface area contributed by atoms with Crippen molar-refractivity contribution in [1.29, 1.82) is 0 Å². The van der Waals surface area contributed by atoms with Crippen molar-refractivity contribution < 1.29 is 9.00 Å². The summed E-state index contributed by atoms with van der Waals surface area (Å²) < 4.78 is 12.4. The number of benzene rings is 1. The maximum Gasteiger partial charge on any atom is 0.265 e. The standard InChI is InChI=1S/C21H26BrN5O2S/c1-13-12-23-21(26-19(13)27(2)3)25-17-9-7-16(8-10-17)24-20(28)18(30-29)14-5-4-6-15(22)11-14/h4-6,11-12,16-17H,7-10H2,1-3H3,(H,24,28)(H,23,25,26). The molecule has 0 saturated heterocycles. The van der Waals surface area contributed by atoms with Crippen LogP contribution >= 0.6 is 15.9 Å². The van der Waals surface area contributed by atoms with Gasteiger partial charge in [-0.15, -0.1) is 0 Å². The lowest BCUT2D eigenvalue weighted by Gasteiger charge is -2.30. The van der Waals surface area contributed by atoms with Crippen LogP contribution in [0.25, 0.3) is 0 Å². The van der Waals surface area contributed by atoms with E-state index in [1.165, 1.54) is 0 Å². The summed E-state index contributed by atoms with van der Waals surface area (Å²) in [5.74, 6) is 1.23. The quantitative estimate of drug-likeness (QED) is 0.477. The predicted octanol–water partition coefficient (Wildman–Crippen LogP) is 2.89. The van der Waals surface area contributed by atoms with E-state index < -0.39 is 0 Å². The Bertz CT molecular complexity index is 970. The first-order valence-electron chi connectivity index (χ1n) is 9.88. The second kappa shape index (κ2) is 10.2. The molecule has 0 unspecified atom stereocenters. The zero-order chi connectivity index (χ0) is 21.7. The summed E-state index contributed by atoms with van der Waals surface area (Å²) in [5.41, 5.74) is 1.66. The first-order valence-corrected chi connectivity index (χ1v) is 11.4. The van der Waals surface area contributed by atoms with Crippen molar-refractivity contribution in [2.75, 3.05) is 24.3 Å². The molecular weight excluding hydrogens is 466 g/mol. The summed E-state index contributed by atoms with van der Waals surface area (Å²) in [4.78, 5) is 23.8. The van der Waals surface area contributed by atoms with Gasteiger partial charge in [0, 0.05) is 48.0 Å². The molecule has 3 rings (SSSR count). The first-order chi connectivity index (χ1) is 14.4. The first kappa shape index (κ1) is 22.4. The third-order valence-electron chi connectivity index (χ3n) is 5.14. The number of hydrogen-bond acceptors (Lipinski definition) is 6. The molecule has 0 atom stereocenters. The third-order valence-corrected chi connectivity index (χ3v) is 6.22. The zero-order valence-corrected chi connectivity index (χ0v) is 19.7. The fourth-order valence-electron chi connectivity index (χ4n) is 3.62. The molecule has 30 heavy (non-hydrogen) atoms. The van der Waals surface area contributed by atoms with Gasteiger partial charge < -0.3 is 15.5 Å². The monoisotopic (exact) mass is 491 g/mol. The van der Waals surface area contributed by atoms with Crippen LogP contribution in [-0.2, 0) is 16.1 Å². The van der Waals surface area contributed by atoms with Gasteiger partial charge in [-0.3, -0.25) is 4.79 Å². The molecule has 1 aromatic heterocycles. The van der Waals surface area contributed by atoms with Crippen LogP contribution < -0.4 is 15.5 Å². The number of aromatic nitrogens is 2. The van der Waals surface area contributed by atoms with Gasteiger partial charge in [0.15, 0.2) is 0 Å². The molecule has 1 aromatic carbocycles. The van der Waals surface area contributed by atoms with Crippen LogP contribution in [0.3, 0.4) is 0 Å².